The Morgan fingerprint density at radius 3 is 2.81 bits per heavy atom. The maximum atomic E-state index is 12.7. The summed E-state index contributed by atoms with van der Waals surface area (Å²) in [4.78, 5) is 22.4. The topological polar surface area (TPSA) is 59.3 Å². The highest BCUT2D eigenvalue weighted by Gasteiger charge is 2.17. The molecule has 0 radical (unpaired) electrons. The minimum atomic E-state index is -0.121. The van der Waals surface area contributed by atoms with Gasteiger partial charge in [-0.15, -0.1) is 11.3 Å². The summed E-state index contributed by atoms with van der Waals surface area (Å²) in [5, 5.41) is 5.55. The Bertz CT molecular complexity index is 1070. The van der Waals surface area contributed by atoms with Gasteiger partial charge in [0.05, 0.1) is 5.69 Å². The highest BCUT2D eigenvalue weighted by molar-refractivity contribution is 7.15. The number of benzene rings is 1. The number of carbonyl (C=O) groups is 1. The molecule has 4 aromatic rings. The largest absolute Gasteiger partial charge is 0.348 e. The standard InChI is InChI=1S/C20H17ClN4OS/c1-13(10-16-4-2-3-9-22-16)23-19(26)18-12-27-20-24-17(11-25(18)20)14-5-7-15(21)8-6-14/h2-9,11-13H,10H2,1H3,(H,23,26)/t13-/m1/s1. The van der Waals surface area contributed by atoms with Gasteiger partial charge in [0.25, 0.3) is 5.91 Å². The second-order valence-corrected chi connectivity index (χ2v) is 7.58. The van der Waals surface area contributed by atoms with Gasteiger partial charge in [-0.1, -0.05) is 29.8 Å². The van der Waals surface area contributed by atoms with Crippen LogP contribution >= 0.6 is 22.9 Å². The third kappa shape index (κ3) is 3.86. The monoisotopic (exact) mass is 396 g/mol. The number of halogens is 1. The van der Waals surface area contributed by atoms with Crippen molar-refractivity contribution in [1.82, 2.24) is 19.7 Å². The molecule has 5 nitrogen and oxygen atoms in total. The van der Waals surface area contributed by atoms with Gasteiger partial charge in [0.2, 0.25) is 0 Å². The van der Waals surface area contributed by atoms with Gasteiger partial charge < -0.3 is 5.32 Å². The number of imidazole rings is 1. The van der Waals surface area contributed by atoms with Gasteiger partial charge in [-0.2, -0.15) is 0 Å². The van der Waals surface area contributed by atoms with Gasteiger partial charge >= 0.3 is 0 Å². The molecule has 0 saturated heterocycles. The van der Waals surface area contributed by atoms with Crippen molar-refractivity contribution < 1.29 is 4.79 Å². The van der Waals surface area contributed by atoms with Crippen molar-refractivity contribution in [3.8, 4) is 11.3 Å². The molecule has 7 heteroatoms. The van der Waals surface area contributed by atoms with Crippen molar-refractivity contribution >= 4 is 33.8 Å². The number of fused-ring (bicyclic) bond motifs is 1. The Labute approximate surface area is 165 Å². The van der Waals surface area contributed by atoms with Crippen LogP contribution in [-0.4, -0.2) is 26.3 Å². The van der Waals surface area contributed by atoms with Crippen LogP contribution in [0.25, 0.3) is 16.2 Å². The Morgan fingerprint density at radius 2 is 2.07 bits per heavy atom. The van der Waals surface area contributed by atoms with Gasteiger partial charge in [0.15, 0.2) is 4.96 Å². The van der Waals surface area contributed by atoms with Crippen molar-refractivity contribution in [1.29, 1.82) is 0 Å². The molecule has 27 heavy (non-hydrogen) atoms. The van der Waals surface area contributed by atoms with E-state index in [1.165, 1.54) is 11.3 Å². The number of thiazole rings is 1. The third-order valence-electron chi connectivity index (χ3n) is 4.20. The summed E-state index contributed by atoms with van der Waals surface area (Å²) in [6.07, 6.45) is 4.32. The smallest absolute Gasteiger partial charge is 0.269 e. The molecule has 3 heterocycles. The number of pyridine rings is 1. The van der Waals surface area contributed by atoms with Crippen LogP contribution in [0.15, 0.2) is 60.2 Å². The quantitative estimate of drug-likeness (QED) is 0.541. The SMILES string of the molecule is C[C@H](Cc1ccccn1)NC(=O)c1csc2nc(-c3ccc(Cl)cc3)cn12. The summed E-state index contributed by atoms with van der Waals surface area (Å²) < 4.78 is 1.83. The Kier molecular flexibility index (Phi) is 4.92. The number of rotatable bonds is 5. The van der Waals surface area contributed by atoms with Gasteiger partial charge in [0.1, 0.15) is 5.69 Å². The predicted octanol–water partition coefficient (Wildman–Crippen LogP) is 4.47. The van der Waals surface area contributed by atoms with Crippen LogP contribution in [0.1, 0.15) is 23.1 Å². The van der Waals surface area contributed by atoms with E-state index in [0.29, 0.717) is 17.1 Å². The minimum Gasteiger partial charge on any atom is -0.348 e. The fraction of sp³-hybridized carbons (Fsp3) is 0.150. The average molecular weight is 397 g/mol. The van der Waals surface area contributed by atoms with E-state index in [1.54, 1.807) is 6.20 Å². The van der Waals surface area contributed by atoms with E-state index in [1.807, 2.05) is 65.4 Å². The van der Waals surface area contributed by atoms with E-state index in [9.17, 15) is 4.79 Å². The van der Waals surface area contributed by atoms with Crippen LogP contribution in [0.4, 0.5) is 0 Å². The molecule has 0 unspecified atom stereocenters. The second-order valence-electron chi connectivity index (χ2n) is 6.31. The average Bonchev–Trinajstić information content (AvgIpc) is 3.23. The number of nitrogens with one attached hydrogen (secondary N) is 1. The summed E-state index contributed by atoms with van der Waals surface area (Å²) in [6.45, 7) is 1.98. The number of amides is 1. The molecule has 0 aliphatic heterocycles. The molecule has 1 amide bonds. The van der Waals surface area contributed by atoms with Crippen LogP contribution in [0.5, 0.6) is 0 Å². The van der Waals surface area contributed by atoms with Crippen LogP contribution in [-0.2, 0) is 6.42 Å². The van der Waals surface area contributed by atoms with E-state index in [4.69, 9.17) is 11.6 Å². The summed E-state index contributed by atoms with van der Waals surface area (Å²) in [7, 11) is 0. The molecule has 0 fully saturated rings. The zero-order valence-corrected chi connectivity index (χ0v) is 16.2. The Balaban J connectivity index is 1.52. The maximum Gasteiger partial charge on any atom is 0.269 e. The zero-order valence-electron chi connectivity index (χ0n) is 14.6. The molecule has 3 aromatic heterocycles. The molecule has 1 N–H and O–H groups in total. The zero-order chi connectivity index (χ0) is 18.8. The van der Waals surface area contributed by atoms with Crippen molar-refractivity contribution in [2.24, 2.45) is 0 Å². The fourth-order valence-corrected chi connectivity index (χ4v) is 3.87. The molecule has 4 rings (SSSR count). The first-order valence-electron chi connectivity index (χ1n) is 8.53. The van der Waals surface area contributed by atoms with E-state index >= 15 is 0 Å². The number of hydrogen-bond acceptors (Lipinski definition) is 4. The summed E-state index contributed by atoms with van der Waals surface area (Å²) in [5.74, 6) is -0.121. The number of aromatic nitrogens is 3. The molecular weight excluding hydrogens is 380 g/mol. The molecule has 1 aromatic carbocycles. The van der Waals surface area contributed by atoms with Crippen LogP contribution < -0.4 is 5.32 Å². The summed E-state index contributed by atoms with van der Waals surface area (Å²) >= 11 is 7.39. The lowest BCUT2D eigenvalue weighted by Gasteiger charge is -2.13. The Hall–Kier alpha value is -2.70. The lowest BCUT2D eigenvalue weighted by Crippen LogP contribution is -2.34. The molecule has 0 bridgehead atoms. The van der Waals surface area contributed by atoms with Crippen molar-refractivity contribution in [3.63, 3.8) is 0 Å². The second kappa shape index (κ2) is 7.50. The molecule has 0 aliphatic rings. The first kappa shape index (κ1) is 17.7. The van der Waals surface area contributed by atoms with E-state index in [2.05, 4.69) is 15.3 Å². The van der Waals surface area contributed by atoms with Gasteiger partial charge in [0, 0.05) is 46.5 Å². The maximum absolute atomic E-state index is 12.7. The van der Waals surface area contributed by atoms with Crippen LogP contribution in [0.2, 0.25) is 5.02 Å². The molecule has 1 atom stereocenters. The molecule has 0 aliphatic carbocycles. The summed E-state index contributed by atoms with van der Waals surface area (Å²) in [6, 6.07) is 13.3. The van der Waals surface area contributed by atoms with Gasteiger partial charge in [-0.3, -0.25) is 14.2 Å². The fourth-order valence-electron chi connectivity index (χ4n) is 2.89. The molecular formula is C20H17ClN4OS. The summed E-state index contributed by atoms with van der Waals surface area (Å²) in [5.41, 5.74) is 3.31. The van der Waals surface area contributed by atoms with Gasteiger partial charge in [-0.25, -0.2) is 4.98 Å². The number of nitrogens with zero attached hydrogens (tertiary/aromatic N) is 3. The van der Waals surface area contributed by atoms with Crippen LogP contribution in [0, 0.1) is 0 Å². The first-order chi connectivity index (χ1) is 13.1. The highest BCUT2D eigenvalue weighted by Crippen LogP contribution is 2.25. The molecule has 0 saturated carbocycles. The lowest BCUT2D eigenvalue weighted by molar-refractivity contribution is 0.0934. The molecule has 0 spiro atoms. The normalized spacial score (nSPS) is 12.2. The first-order valence-corrected chi connectivity index (χ1v) is 9.79. The van der Waals surface area contributed by atoms with Crippen molar-refractivity contribution in [3.05, 3.63) is 76.6 Å². The number of carbonyl (C=O) groups excluding carboxylic acids is 1. The van der Waals surface area contributed by atoms with Crippen molar-refractivity contribution in [2.75, 3.05) is 0 Å². The van der Waals surface area contributed by atoms with Gasteiger partial charge in [-0.05, 0) is 31.2 Å². The molecule has 136 valence electrons. The lowest BCUT2D eigenvalue weighted by atomic mass is 10.1. The van der Waals surface area contributed by atoms with E-state index < -0.39 is 0 Å². The van der Waals surface area contributed by atoms with E-state index in [0.717, 1.165) is 21.9 Å². The Morgan fingerprint density at radius 1 is 1.26 bits per heavy atom. The van der Waals surface area contributed by atoms with E-state index in [-0.39, 0.29) is 11.9 Å². The third-order valence-corrected chi connectivity index (χ3v) is 5.29. The highest BCUT2D eigenvalue weighted by atomic mass is 35.5. The number of hydrogen-bond donors (Lipinski definition) is 1. The minimum absolute atomic E-state index is 0.0263. The van der Waals surface area contributed by atoms with Crippen LogP contribution in [0.3, 0.4) is 0 Å². The van der Waals surface area contributed by atoms with Crippen molar-refractivity contribution in [2.45, 2.75) is 19.4 Å². The predicted molar refractivity (Wildman–Crippen MR) is 108 cm³/mol.